The Labute approximate surface area is 190 Å². The minimum absolute atomic E-state index is 0.139. The monoisotopic (exact) mass is 452 g/mol. The van der Waals surface area contributed by atoms with Crippen molar-refractivity contribution in [3.63, 3.8) is 0 Å². The third-order valence-corrected chi connectivity index (χ3v) is 6.82. The molecular formula is C23H24N4O2S2. The Morgan fingerprint density at radius 3 is 2.84 bits per heavy atom. The molecule has 4 rings (SSSR count). The summed E-state index contributed by atoms with van der Waals surface area (Å²) in [6, 6.07) is 17.0. The summed E-state index contributed by atoms with van der Waals surface area (Å²) in [4.78, 5) is 32.9. The van der Waals surface area contributed by atoms with Crippen LogP contribution >= 0.6 is 23.1 Å². The van der Waals surface area contributed by atoms with Crippen molar-refractivity contribution in [3.8, 4) is 10.6 Å². The smallest absolute Gasteiger partial charge is 0.322 e. The molecule has 2 N–H and O–H groups in total. The molecule has 6 nitrogen and oxygen atoms in total. The number of anilines is 1. The number of thiazole rings is 1. The lowest BCUT2D eigenvalue weighted by molar-refractivity contribution is -0.124. The maximum Gasteiger partial charge on any atom is 0.322 e. The summed E-state index contributed by atoms with van der Waals surface area (Å²) in [7, 11) is 0. The molecule has 1 saturated heterocycles. The van der Waals surface area contributed by atoms with Crippen LogP contribution in [-0.2, 0) is 11.3 Å². The van der Waals surface area contributed by atoms with Crippen LogP contribution in [0.3, 0.4) is 0 Å². The molecule has 1 atom stereocenters. The van der Waals surface area contributed by atoms with E-state index in [1.165, 1.54) is 0 Å². The van der Waals surface area contributed by atoms with Crippen LogP contribution in [0.15, 0.2) is 64.9 Å². The zero-order valence-electron chi connectivity index (χ0n) is 17.2. The Bertz CT molecular complexity index is 1050. The fraction of sp³-hybridized carbons (Fsp3) is 0.261. The maximum atomic E-state index is 12.8. The van der Waals surface area contributed by atoms with Crippen molar-refractivity contribution in [2.24, 2.45) is 0 Å². The summed E-state index contributed by atoms with van der Waals surface area (Å²) < 4.78 is 0. The summed E-state index contributed by atoms with van der Waals surface area (Å²) in [5, 5.41) is 8.76. The highest BCUT2D eigenvalue weighted by molar-refractivity contribution is 7.98. The second kappa shape index (κ2) is 9.98. The highest BCUT2D eigenvalue weighted by atomic mass is 32.2. The SMILES string of the molecule is CSc1cccc(NC(=O)N2CCCC2C(=O)NCc2csc(-c3ccccc3)n2)c1. The fourth-order valence-corrected chi connectivity index (χ4v) is 4.86. The zero-order valence-corrected chi connectivity index (χ0v) is 18.8. The van der Waals surface area contributed by atoms with Crippen molar-refractivity contribution in [3.05, 3.63) is 65.7 Å². The number of nitrogens with zero attached hydrogens (tertiary/aromatic N) is 2. The number of benzene rings is 2. The summed E-state index contributed by atoms with van der Waals surface area (Å²) in [6.07, 6.45) is 3.47. The Morgan fingerprint density at radius 1 is 1.19 bits per heavy atom. The van der Waals surface area contributed by atoms with Crippen LogP contribution in [0.25, 0.3) is 10.6 Å². The largest absolute Gasteiger partial charge is 0.349 e. The first kappa shape index (κ1) is 21.4. The fourth-order valence-electron chi connectivity index (χ4n) is 3.58. The van der Waals surface area contributed by atoms with Gasteiger partial charge in [0.05, 0.1) is 12.2 Å². The molecule has 0 radical (unpaired) electrons. The van der Waals surface area contributed by atoms with Crippen molar-refractivity contribution >= 4 is 40.7 Å². The van der Waals surface area contributed by atoms with Crippen molar-refractivity contribution in [2.45, 2.75) is 30.3 Å². The molecule has 0 saturated carbocycles. The van der Waals surface area contributed by atoms with Gasteiger partial charge in [0.2, 0.25) is 5.91 Å². The van der Waals surface area contributed by atoms with E-state index in [1.807, 2.05) is 66.2 Å². The predicted molar refractivity (Wildman–Crippen MR) is 126 cm³/mol. The summed E-state index contributed by atoms with van der Waals surface area (Å²) in [5.41, 5.74) is 2.62. The number of hydrogen-bond donors (Lipinski definition) is 2. The maximum absolute atomic E-state index is 12.8. The molecule has 31 heavy (non-hydrogen) atoms. The third kappa shape index (κ3) is 5.26. The first-order chi connectivity index (χ1) is 15.1. The second-order valence-corrected chi connectivity index (χ2v) is 8.98. The van der Waals surface area contributed by atoms with Gasteiger partial charge in [-0.15, -0.1) is 23.1 Å². The van der Waals surface area contributed by atoms with Gasteiger partial charge >= 0.3 is 6.03 Å². The van der Waals surface area contributed by atoms with Gasteiger partial charge in [0.25, 0.3) is 0 Å². The molecular weight excluding hydrogens is 428 g/mol. The van der Waals surface area contributed by atoms with Crippen molar-refractivity contribution < 1.29 is 9.59 Å². The molecule has 0 aliphatic carbocycles. The number of amides is 3. The van der Waals surface area contributed by atoms with Gasteiger partial charge < -0.3 is 15.5 Å². The number of nitrogens with one attached hydrogen (secondary N) is 2. The van der Waals surface area contributed by atoms with Crippen LogP contribution < -0.4 is 10.6 Å². The van der Waals surface area contributed by atoms with E-state index in [-0.39, 0.29) is 11.9 Å². The van der Waals surface area contributed by atoms with Gasteiger partial charge in [0.1, 0.15) is 11.0 Å². The minimum atomic E-state index is -0.462. The molecule has 1 aliphatic rings. The Morgan fingerprint density at radius 2 is 2.03 bits per heavy atom. The van der Waals surface area contributed by atoms with Crippen LogP contribution in [0.5, 0.6) is 0 Å². The lowest BCUT2D eigenvalue weighted by Gasteiger charge is -2.24. The molecule has 1 aliphatic heterocycles. The molecule has 2 aromatic carbocycles. The van der Waals surface area contributed by atoms with Crippen LogP contribution in [0.1, 0.15) is 18.5 Å². The van der Waals surface area contributed by atoms with E-state index in [2.05, 4.69) is 15.6 Å². The number of likely N-dealkylation sites (tertiary alicyclic amines) is 1. The number of aromatic nitrogens is 1. The molecule has 1 unspecified atom stereocenters. The van der Waals surface area contributed by atoms with Crippen LogP contribution in [0.2, 0.25) is 0 Å². The molecule has 0 spiro atoms. The first-order valence-corrected chi connectivity index (χ1v) is 12.2. The van der Waals surface area contributed by atoms with Gasteiger partial charge in [-0.2, -0.15) is 0 Å². The molecule has 3 aromatic rings. The number of rotatable bonds is 6. The van der Waals surface area contributed by atoms with E-state index >= 15 is 0 Å². The van der Waals surface area contributed by atoms with Gasteiger partial charge in [-0.1, -0.05) is 36.4 Å². The Hall–Kier alpha value is -2.84. The summed E-state index contributed by atoms with van der Waals surface area (Å²) in [5.74, 6) is -0.139. The zero-order chi connectivity index (χ0) is 21.6. The second-order valence-electron chi connectivity index (χ2n) is 7.24. The van der Waals surface area contributed by atoms with E-state index in [1.54, 1.807) is 28.0 Å². The van der Waals surface area contributed by atoms with Gasteiger partial charge in [-0.3, -0.25) is 4.79 Å². The molecule has 3 amide bonds. The van der Waals surface area contributed by atoms with Crippen molar-refractivity contribution in [1.29, 1.82) is 0 Å². The van der Waals surface area contributed by atoms with Gasteiger partial charge in [0.15, 0.2) is 0 Å². The number of thioether (sulfide) groups is 1. The third-order valence-electron chi connectivity index (χ3n) is 5.15. The van der Waals surface area contributed by atoms with E-state index < -0.39 is 6.04 Å². The predicted octanol–water partition coefficient (Wildman–Crippen LogP) is 4.84. The molecule has 160 valence electrons. The standard InChI is InChI=1S/C23H24N4O2S2/c1-30-19-10-5-9-17(13-19)26-23(29)27-12-6-11-20(27)21(28)24-14-18-15-31-22(25-18)16-7-3-2-4-8-16/h2-5,7-10,13,15,20H,6,11-12,14H2,1H3,(H,24,28)(H,26,29). The molecule has 1 aromatic heterocycles. The molecule has 0 bridgehead atoms. The summed E-state index contributed by atoms with van der Waals surface area (Å²) in [6.45, 7) is 0.922. The molecule has 8 heteroatoms. The van der Waals surface area contributed by atoms with Crippen LogP contribution in [0, 0.1) is 0 Å². The number of carbonyl (C=O) groups excluding carboxylic acids is 2. The summed E-state index contributed by atoms with van der Waals surface area (Å²) >= 11 is 3.18. The van der Waals surface area contributed by atoms with Crippen LogP contribution in [-0.4, -0.2) is 40.7 Å². The lowest BCUT2D eigenvalue weighted by Crippen LogP contribution is -2.47. The first-order valence-electron chi connectivity index (χ1n) is 10.1. The van der Waals surface area contributed by atoms with Crippen molar-refractivity contribution in [1.82, 2.24) is 15.2 Å². The van der Waals surface area contributed by atoms with E-state index in [9.17, 15) is 9.59 Å². The average molecular weight is 453 g/mol. The highest BCUT2D eigenvalue weighted by Crippen LogP contribution is 2.24. The van der Waals surface area contributed by atoms with Crippen LogP contribution in [0.4, 0.5) is 10.5 Å². The topological polar surface area (TPSA) is 74.3 Å². The quantitative estimate of drug-likeness (QED) is 0.525. The van der Waals surface area contributed by atoms with E-state index in [0.717, 1.165) is 33.3 Å². The lowest BCUT2D eigenvalue weighted by atomic mass is 10.2. The van der Waals surface area contributed by atoms with Crippen molar-refractivity contribution in [2.75, 3.05) is 18.1 Å². The van der Waals surface area contributed by atoms with Gasteiger partial charge in [0, 0.05) is 28.1 Å². The van der Waals surface area contributed by atoms with Gasteiger partial charge in [-0.05, 0) is 37.3 Å². The van der Waals surface area contributed by atoms with Gasteiger partial charge in [-0.25, -0.2) is 9.78 Å². The van der Waals surface area contributed by atoms with E-state index in [0.29, 0.717) is 19.5 Å². The van der Waals surface area contributed by atoms with E-state index in [4.69, 9.17) is 0 Å². The number of carbonyl (C=O) groups is 2. The molecule has 2 heterocycles. The molecule has 1 fully saturated rings. The number of urea groups is 1. The Balaban J connectivity index is 1.34. The normalized spacial score (nSPS) is 15.6. The average Bonchev–Trinajstić information content (AvgIpc) is 3.48. The highest BCUT2D eigenvalue weighted by Gasteiger charge is 2.34. The Kier molecular flexibility index (Phi) is 6.89. The minimum Gasteiger partial charge on any atom is -0.349 e. The number of hydrogen-bond acceptors (Lipinski definition) is 5.